The maximum atomic E-state index is 12.9. The highest BCUT2D eigenvalue weighted by molar-refractivity contribution is 5.82. The molecule has 0 atom stereocenters. The van der Waals surface area contributed by atoms with Crippen LogP contribution in [0.1, 0.15) is 11.1 Å². The average molecular weight is 259 g/mol. The van der Waals surface area contributed by atoms with Crippen LogP contribution in [-0.2, 0) is 11.4 Å². The summed E-state index contributed by atoms with van der Waals surface area (Å²) in [6, 6.07) is 13.7. The first-order chi connectivity index (χ1) is 9.29. The van der Waals surface area contributed by atoms with Crippen molar-refractivity contribution in [1.82, 2.24) is 0 Å². The number of para-hydroxylation sites is 1. The first-order valence-corrected chi connectivity index (χ1v) is 5.82. The Morgan fingerprint density at radius 3 is 2.79 bits per heavy atom. The van der Waals surface area contributed by atoms with E-state index in [0.29, 0.717) is 0 Å². The molecule has 0 saturated heterocycles. The van der Waals surface area contributed by atoms with Gasteiger partial charge in [0.2, 0.25) is 0 Å². The lowest BCUT2D eigenvalue weighted by Crippen LogP contribution is -1.92. The van der Waals surface area contributed by atoms with Crippen LogP contribution in [0, 0.1) is 5.82 Å². The third kappa shape index (κ3) is 3.81. The molecule has 0 radical (unpaired) electrons. The standard InChI is InChI=1S/C15H14FNO2/c1-18-15-8-3-2-6-13(15)10-17-19-11-12-5-4-7-14(16)9-12/h2-10H,11H2,1H3. The zero-order valence-electron chi connectivity index (χ0n) is 10.5. The normalized spacial score (nSPS) is 10.6. The molecule has 0 fully saturated rings. The summed E-state index contributed by atoms with van der Waals surface area (Å²) in [6.45, 7) is 0.226. The van der Waals surface area contributed by atoms with Gasteiger partial charge in [0.25, 0.3) is 0 Å². The van der Waals surface area contributed by atoms with Gasteiger partial charge in [-0.05, 0) is 29.8 Å². The van der Waals surface area contributed by atoms with Crippen LogP contribution in [0.25, 0.3) is 0 Å². The first kappa shape index (κ1) is 13.1. The topological polar surface area (TPSA) is 30.8 Å². The van der Waals surface area contributed by atoms with E-state index in [1.54, 1.807) is 25.5 Å². The van der Waals surface area contributed by atoms with Crippen LogP contribution in [0.5, 0.6) is 5.75 Å². The van der Waals surface area contributed by atoms with Crippen molar-refractivity contribution < 1.29 is 14.0 Å². The van der Waals surface area contributed by atoms with Crippen molar-refractivity contribution in [3.63, 3.8) is 0 Å². The van der Waals surface area contributed by atoms with Gasteiger partial charge in [0, 0.05) is 5.56 Å². The number of nitrogens with zero attached hydrogens (tertiary/aromatic N) is 1. The fraction of sp³-hybridized carbons (Fsp3) is 0.133. The molecule has 2 aromatic carbocycles. The molecule has 0 N–H and O–H groups in total. The predicted molar refractivity (Wildman–Crippen MR) is 71.8 cm³/mol. The zero-order valence-corrected chi connectivity index (χ0v) is 10.5. The molecule has 19 heavy (non-hydrogen) atoms. The molecule has 2 aromatic rings. The Morgan fingerprint density at radius 2 is 2.00 bits per heavy atom. The molecule has 4 heteroatoms. The van der Waals surface area contributed by atoms with Gasteiger partial charge in [0.1, 0.15) is 18.2 Å². The summed E-state index contributed by atoms with van der Waals surface area (Å²) in [5.74, 6) is 0.440. The monoisotopic (exact) mass is 259 g/mol. The highest BCUT2D eigenvalue weighted by atomic mass is 19.1. The van der Waals surface area contributed by atoms with Gasteiger partial charge >= 0.3 is 0 Å². The van der Waals surface area contributed by atoms with Crippen LogP contribution in [0.4, 0.5) is 4.39 Å². The Labute approximate surface area is 111 Å². The number of hydrogen-bond donors (Lipinski definition) is 0. The SMILES string of the molecule is COc1ccccc1C=NOCc1cccc(F)c1. The van der Waals surface area contributed by atoms with E-state index < -0.39 is 0 Å². The molecule has 2 rings (SSSR count). The maximum Gasteiger partial charge on any atom is 0.142 e. The van der Waals surface area contributed by atoms with E-state index in [2.05, 4.69) is 5.16 Å². The van der Waals surface area contributed by atoms with Gasteiger partial charge in [0.05, 0.1) is 13.3 Å². The van der Waals surface area contributed by atoms with E-state index in [9.17, 15) is 4.39 Å². The molecule has 0 saturated carbocycles. The molecule has 0 aliphatic heterocycles. The zero-order chi connectivity index (χ0) is 13.5. The Bertz CT molecular complexity index is 570. The van der Waals surface area contributed by atoms with E-state index >= 15 is 0 Å². The van der Waals surface area contributed by atoms with Crippen LogP contribution >= 0.6 is 0 Å². The van der Waals surface area contributed by atoms with Gasteiger partial charge in [-0.15, -0.1) is 0 Å². The highest BCUT2D eigenvalue weighted by Crippen LogP contribution is 2.14. The Morgan fingerprint density at radius 1 is 1.16 bits per heavy atom. The number of benzene rings is 2. The molecular weight excluding hydrogens is 245 g/mol. The van der Waals surface area contributed by atoms with Crippen molar-refractivity contribution in [1.29, 1.82) is 0 Å². The minimum absolute atomic E-state index is 0.226. The summed E-state index contributed by atoms with van der Waals surface area (Å²) < 4.78 is 18.1. The van der Waals surface area contributed by atoms with E-state index in [0.717, 1.165) is 16.9 Å². The average Bonchev–Trinajstić information content (AvgIpc) is 2.44. The molecule has 0 amide bonds. The van der Waals surface area contributed by atoms with Crippen molar-refractivity contribution in [2.75, 3.05) is 7.11 Å². The van der Waals surface area contributed by atoms with Gasteiger partial charge in [-0.3, -0.25) is 0 Å². The van der Waals surface area contributed by atoms with Crippen LogP contribution < -0.4 is 4.74 Å². The molecule has 0 spiro atoms. The molecule has 0 aliphatic carbocycles. The summed E-state index contributed by atoms with van der Waals surface area (Å²) in [5.41, 5.74) is 1.56. The van der Waals surface area contributed by atoms with Gasteiger partial charge in [-0.1, -0.05) is 29.4 Å². The highest BCUT2D eigenvalue weighted by Gasteiger charge is 1.98. The quantitative estimate of drug-likeness (QED) is 0.608. The predicted octanol–water partition coefficient (Wildman–Crippen LogP) is 3.39. The molecule has 0 unspecified atom stereocenters. The second kappa shape index (κ2) is 6.54. The number of oxime groups is 1. The lowest BCUT2D eigenvalue weighted by Gasteiger charge is -2.03. The third-order valence-corrected chi connectivity index (χ3v) is 2.53. The Hall–Kier alpha value is -2.36. The van der Waals surface area contributed by atoms with E-state index in [4.69, 9.17) is 9.57 Å². The van der Waals surface area contributed by atoms with Crippen LogP contribution in [-0.4, -0.2) is 13.3 Å². The molecule has 0 heterocycles. The van der Waals surface area contributed by atoms with Gasteiger partial charge in [-0.2, -0.15) is 0 Å². The van der Waals surface area contributed by atoms with Crippen LogP contribution in [0.3, 0.4) is 0 Å². The number of hydrogen-bond acceptors (Lipinski definition) is 3. The number of rotatable bonds is 5. The molecule has 0 aliphatic rings. The third-order valence-electron chi connectivity index (χ3n) is 2.53. The maximum absolute atomic E-state index is 12.9. The Kier molecular flexibility index (Phi) is 4.50. The number of ether oxygens (including phenoxy) is 1. The molecule has 0 aromatic heterocycles. The first-order valence-electron chi connectivity index (χ1n) is 5.82. The minimum atomic E-state index is -0.283. The summed E-state index contributed by atoms with van der Waals surface area (Å²) in [7, 11) is 1.60. The van der Waals surface area contributed by atoms with Gasteiger partial charge in [-0.25, -0.2) is 4.39 Å². The van der Waals surface area contributed by atoms with Crippen LogP contribution in [0.2, 0.25) is 0 Å². The molecule has 3 nitrogen and oxygen atoms in total. The largest absolute Gasteiger partial charge is 0.496 e. The fourth-order valence-corrected chi connectivity index (χ4v) is 1.61. The summed E-state index contributed by atoms with van der Waals surface area (Å²) in [5, 5.41) is 3.85. The fourth-order valence-electron chi connectivity index (χ4n) is 1.61. The Balaban J connectivity index is 1.93. The molecule has 98 valence electrons. The minimum Gasteiger partial charge on any atom is -0.496 e. The van der Waals surface area contributed by atoms with Gasteiger partial charge < -0.3 is 9.57 Å². The van der Waals surface area contributed by atoms with Crippen molar-refractivity contribution in [2.45, 2.75) is 6.61 Å². The van der Waals surface area contributed by atoms with Crippen molar-refractivity contribution in [3.05, 3.63) is 65.5 Å². The van der Waals surface area contributed by atoms with Gasteiger partial charge in [0.15, 0.2) is 0 Å². The van der Waals surface area contributed by atoms with Crippen molar-refractivity contribution in [3.8, 4) is 5.75 Å². The van der Waals surface area contributed by atoms with E-state index in [-0.39, 0.29) is 12.4 Å². The summed E-state index contributed by atoms with van der Waals surface area (Å²) >= 11 is 0. The smallest absolute Gasteiger partial charge is 0.142 e. The second-order valence-corrected chi connectivity index (χ2v) is 3.88. The summed E-state index contributed by atoms with van der Waals surface area (Å²) in [4.78, 5) is 5.13. The molecular formula is C15H14FNO2. The lowest BCUT2D eigenvalue weighted by atomic mass is 10.2. The van der Waals surface area contributed by atoms with Crippen LogP contribution in [0.15, 0.2) is 53.7 Å². The van der Waals surface area contributed by atoms with E-state index in [1.165, 1.54) is 12.1 Å². The van der Waals surface area contributed by atoms with Crippen molar-refractivity contribution in [2.24, 2.45) is 5.16 Å². The summed E-state index contributed by atoms with van der Waals surface area (Å²) in [6.07, 6.45) is 1.57. The van der Waals surface area contributed by atoms with Crippen molar-refractivity contribution >= 4 is 6.21 Å². The second-order valence-electron chi connectivity index (χ2n) is 3.88. The molecule has 0 bridgehead atoms. The number of halogens is 1. The number of methoxy groups -OCH3 is 1. The lowest BCUT2D eigenvalue weighted by molar-refractivity contribution is 0.132. The van der Waals surface area contributed by atoms with E-state index in [1.807, 2.05) is 24.3 Å².